The van der Waals surface area contributed by atoms with Crippen LogP contribution >= 0.6 is 0 Å². The second kappa shape index (κ2) is 7.38. The molecule has 7 nitrogen and oxygen atoms in total. The van der Waals surface area contributed by atoms with Crippen LogP contribution in [0.5, 0.6) is 0 Å². The first-order valence-electron chi connectivity index (χ1n) is 8.12. The lowest BCUT2D eigenvalue weighted by molar-refractivity contribution is -0.137. The van der Waals surface area contributed by atoms with Crippen molar-refractivity contribution >= 4 is 17.7 Å². The minimum absolute atomic E-state index is 0.00270. The monoisotopic (exact) mass is 344 g/mol. The third-order valence-corrected chi connectivity index (χ3v) is 3.95. The molecule has 1 aromatic carbocycles. The summed E-state index contributed by atoms with van der Waals surface area (Å²) in [5.41, 5.74) is 2.47. The van der Waals surface area contributed by atoms with Crippen molar-refractivity contribution in [1.29, 1.82) is 0 Å². The molecule has 3 N–H and O–H groups in total. The number of para-hydroxylation sites is 1. The molecule has 0 aliphatic carbocycles. The van der Waals surface area contributed by atoms with Gasteiger partial charge >= 0.3 is 12.0 Å². The summed E-state index contributed by atoms with van der Waals surface area (Å²) in [5, 5.41) is 18.9. The maximum absolute atomic E-state index is 12.3. The highest BCUT2D eigenvalue weighted by Crippen LogP contribution is 2.23. The molecule has 2 rings (SSSR count). The minimum atomic E-state index is -0.883. The smallest absolute Gasteiger partial charge is 0.319 e. The lowest BCUT2D eigenvalue weighted by Crippen LogP contribution is -2.45. The second-order valence-corrected chi connectivity index (χ2v) is 6.65. The number of nitrogens with one attached hydrogen (secondary N) is 2. The van der Waals surface area contributed by atoms with Crippen LogP contribution in [0.3, 0.4) is 0 Å². The molecule has 1 aromatic heterocycles. The predicted molar refractivity (Wildman–Crippen MR) is 96.1 cm³/mol. The number of carbonyl (C=O) groups is 2. The number of carbonyl (C=O) groups excluding carboxylic acids is 1. The second-order valence-electron chi connectivity index (χ2n) is 6.65. The topological polar surface area (TPSA) is 96.3 Å². The molecule has 7 heteroatoms. The number of hydrogen-bond donors (Lipinski definition) is 3. The average molecular weight is 344 g/mol. The van der Waals surface area contributed by atoms with Gasteiger partial charge in [0.15, 0.2) is 0 Å². The number of benzene rings is 1. The van der Waals surface area contributed by atoms with Gasteiger partial charge in [0, 0.05) is 12.0 Å². The van der Waals surface area contributed by atoms with E-state index in [2.05, 4.69) is 15.7 Å². The zero-order chi connectivity index (χ0) is 18.6. The van der Waals surface area contributed by atoms with Crippen LogP contribution in [0.25, 0.3) is 5.69 Å². The first-order valence-corrected chi connectivity index (χ1v) is 8.12. The predicted octanol–water partition coefficient (Wildman–Crippen LogP) is 3.25. The van der Waals surface area contributed by atoms with Gasteiger partial charge in [0.2, 0.25) is 0 Å². The Hall–Kier alpha value is -2.83. The van der Waals surface area contributed by atoms with Crippen molar-refractivity contribution in [1.82, 2.24) is 15.1 Å². The molecule has 0 fully saturated rings. The van der Waals surface area contributed by atoms with Crippen LogP contribution in [0.15, 0.2) is 30.3 Å². The first kappa shape index (κ1) is 18.5. The zero-order valence-corrected chi connectivity index (χ0v) is 15.0. The molecule has 0 bridgehead atoms. The first-order chi connectivity index (χ1) is 11.7. The largest absolute Gasteiger partial charge is 0.481 e. The molecular weight excluding hydrogens is 320 g/mol. The standard InChI is InChI=1S/C18H24N4O3/c1-12-16(13(2)22(21-12)14-8-6-5-7-9-14)19-17(25)20-18(3,4)11-10-15(23)24/h5-9H,10-11H2,1-4H3,(H,23,24)(H2,19,20,25). The van der Waals surface area contributed by atoms with Crippen molar-refractivity contribution < 1.29 is 14.7 Å². The quantitative estimate of drug-likeness (QED) is 0.749. The zero-order valence-electron chi connectivity index (χ0n) is 15.0. The molecule has 0 saturated carbocycles. The van der Waals surface area contributed by atoms with Crippen LogP contribution < -0.4 is 10.6 Å². The summed E-state index contributed by atoms with van der Waals surface area (Å²) in [5.74, 6) is -0.883. The Balaban J connectivity index is 2.11. The summed E-state index contributed by atoms with van der Waals surface area (Å²) in [6.45, 7) is 7.31. The summed E-state index contributed by atoms with van der Waals surface area (Å²) < 4.78 is 1.78. The lowest BCUT2D eigenvalue weighted by Gasteiger charge is -2.25. The molecule has 0 spiro atoms. The Morgan fingerprint density at radius 1 is 1.20 bits per heavy atom. The van der Waals surface area contributed by atoms with Gasteiger partial charge < -0.3 is 15.7 Å². The van der Waals surface area contributed by atoms with Crippen molar-refractivity contribution in [3.63, 3.8) is 0 Å². The number of carboxylic acids is 1. The van der Waals surface area contributed by atoms with E-state index in [1.165, 1.54) is 0 Å². The number of rotatable bonds is 6. The SMILES string of the molecule is Cc1nn(-c2ccccc2)c(C)c1NC(=O)NC(C)(C)CCC(=O)O. The van der Waals surface area contributed by atoms with Gasteiger partial charge in [0.25, 0.3) is 0 Å². The average Bonchev–Trinajstić information content (AvgIpc) is 2.81. The van der Waals surface area contributed by atoms with Gasteiger partial charge in [-0.15, -0.1) is 0 Å². The molecular formula is C18H24N4O3. The lowest BCUT2D eigenvalue weighted by atomic mass is 9.99. The van der Waals surface area contributed by atoms with E-state index in [-0.39, 0.29) is 12.5 Å². The highest BCUT2D eigenvalue weighted by molar-refractivity contribution is 5.91. The number of aromatic nitrogens is 2. The molecule has 0 aliphatic heterocycles. The fraction of sp³-hybridized carbons (Fsp3) is 0.389. The molecule has 0 saturated heterocycles. The van der Waals surface area contributed by atoms with E-state index in [4.69, 9.17) is 5.11 Å². The molecule has 25 heavy (non-hydrogen) atoms. The molecule has 1 heterocycles. The van der Waals surface area contributed by atoms with Crippen LogP contribution in [-0.4, -0.2) is 32.4 Å². The number of aliphatic carboxylic acids is 1. The van der Waals surface area contributed by atoms with E-state index < -0.39 is 11.5 Å². The van der Waals surface area contributed by atoms with E-state index in [9.17, 15) is 9.59 Å². The summed E-state index contributed by atoms with van der Waals surface area (Å²) in [4.78, 5) is 23.0. The normalized spacial score (nSPS) is 11.2. The van der Waals surface area contributed by atoms with Gasteiger partial charge in [-0.2, -0.15) is 5.10 Å². The number of amides is 2. The van der Waals surface area contributed by atoms with Gasteiger partial charge in [-0.1, -0.05) is 18.2 Å². The fourth-order valence-corrected chi connectivity index (χ4v) is 2.58. The summed E-state index contributed by atoms with van der Waals surface area (Å²) >= 11 is 0. The van der Waals surface area contributed by atoms with E-state index in [1.54, 1.807) is 18.5 Å². The summed E-state index contributed by atoms with van der Waals surface area (Å²) in [6, 6.07) is 9.29. The third kappa shape index (κ3) is 4.82. The highest BCUT2D eigenvalue weighted by Gasteiger charge is 2.23. The van der Waals surface area contributed by atoms with Gasteiger partial charge in [-0.05, 0) is 46.2 Å². The number of anilines is 1. The molecule has 0 unspecified atom stereocenters. The van der Waals surface area contributed by atoms with Gasteiger partial charge in [-0.25, -0.2) is 9.48 Å². The Morgan fingerprint density at radius 2 is 1.84 bits per heavy atom. The van der Waals surface area contributed by atoms with Crippen LogP contribution in [0.1, 0.15) is 38.1 Å². The minimum Gasteiger partial charge on any atom is -0.481 e. The maximum atomic E-state index is 12.3. The van der Waals surface area contributed by atoms with Crippen LogP contribution in [0.2, 0.25) is 0 Å². The molecule has 2 amide bonds. The van der Waals surface area contributed by atoms with Crippen molar-refractivity contribution in [3.8, 4) is 5.69 Å². The number of urea groups is 1. The van der Waals surface area contributed by atoms with Gasteiger partial charge in [0.05, 0.1) is 22.8 Å². The van der Waals surface area contributed by atoms with Gasteiger partial charge in [0.1, 0.15) is 0 Å². The van der Waals surface area contributed by atoms with E-state index >= 15 is 0 Å². The third-order valence-electron chi connectivity index (χ3n) is 3.95. The number of nitrogens with zero attached hydrogens (tertiary/aromatic N) is 2. The molecule has 134 valence electrons. The van der Waals surface area contributed by atoms with E-state index in [1.807, 2.05) is 44.2 Å². The number of hydrogen-bond acceptors (Lipinski definition) is 3. The summed E-state index contributed by atoms with van der Waals surface area (Å²) in [7, 11) is 0. The Morgan fingerprint density at radius 3 is 2.44 bits per heavy atom. The molecule has 0 aliphatic rings. The van der Waals surface area contributed by atoms with E-state index in [0.717, 1.165) is 11.4 Å². The number of carboxylic acid groups (broad SMARTS) is 1. The Labute approximate surface area is 147 Å². The number of aryl methyl sites for hydroxylation is 1. The van der Waals surface area contributed by atoms with Gasteiger partial charge in [-0.3, -0.25) is 4.79 Å². The van der Waals surface area contributed by atoms with Crippen molar-refractivity contribution in [2.75, 3.05) is 5.32 Å². The van der Waals surface area contributed by atoms with Crippen LogP contribution in [-0.2, 0) is 4.79 Å². The fourth-order valence-electron chi connectivity index (χ4n) is 2.58. The van der Waals surface area contributed by atoms with Crippen molar-refractivity contribution in [3.05, 3.63) is 41.7 Å². The molecule has 2 aromatic rings. The Bertz CT molecular complexity index is 766. The Kier molecular flexibility index (Phi) is 5.46. The molecule has 0 radical (unpaired) electrons. The van der Waals surface area contributed by atoms with Crippen molar-refractivity contribution in [2.45, 2.75) is 46.1 Å². The van der Waals surface area contributed by atoms with Crippen LogP contribution in [0.4, 0.5) is 10.5 Å². The molecule has 0 atom stereocenters. The highest BCUT2D eigenvalue weighted by atomic mass is 16.4. The van der Waals surface area contributed by atoms with E-state index in [0.29, 0.717) is 17.8 Å². The van der Waals surface area contributed by atoms with Crippen LogP contribution in [0, 0.1) is 13.8 Å². The maximum Gasteiger partial charge on any atom is 0.319 e. The van der Waals surface area contributed by atoms with Crippen molar-refractivity contribution in [2.24, 2.45) is 0 Å². The summed E-state index contributed by atoms with van der Waals surface area (Å²) in [6.07, 6.45) is 0.342.